The maximum absolute atomic E-state index is 13.7. The number of aromatic nitrogens is 2. The molecular formula is C20H16ClF3N4O2. The summed E-state index contributed by atoms with van der Waals surface area (Å²) in [7, 11) is 0. The number of rotatable bonds is 5. The third-order valence-electron chi connectivity index (χ3n) is 4.10. The molecule has 30 heavy (non-hydrogen) atoms. The minimum atomic E-state index is -4.83. The van der Waals surface area contributed by atoms with Gasteiger partial charge >= 0.3 is 6.18 Å². The van der Waals surface area contributed by atoms with Crippen molar-refractivity contribution in [2.75, 3.05) is 11.9 Å². The number of alkyl halides is 3. The van der Waals surface area contributed by atoms with E-state index in [9.17, 15) is 22.8 Å². The normalized spacial score (nSPS) is 11.2. The summed E-state index contributed by atoms with van der Waals surface area (Å²) in [4.78, 5) is 24.3. The van der Waals surface area contributed by atoms with Gasteiger partial charge in [0.05, 0.1) is 17.4 Å². The molecule has 6 nitrogen and oxygen atoms in total. The Bertz CT molecular complexity index is 1060. The molecule has 1 heterocycles. The molecule has 0 saturated carbocycles. The van der Waals surface area contributed by atoms with Crippen LogP contribution in [0.3, 0.4) is 0 Å². The molecule has 2 aromatic carbocycles. The lowest BCUT2D eigenvalue weighted by Crippen LogP contribution is -2.22. The van der Waals surface area contributed by atoms with Gasteiger partial charge in [-0.1, -0.05) is 11.6 Å². The average molecular weight is 437 g/mol. The van der Waals surface area contributed by atoms with Crippen LogP contribution in [0.1, 0.15) is 33.3 Å². The first-order valence-corrected chi connectivity index (χ1v) is 9.19. The van der Waals surface area contributed by atoms with Gasteiger partial charge in [-0.05, 0) is 55.5 Å². The monoisotopic (exact) mass is 436 g/mol. The van der Waals surface area contributed by atoms with Crippen LogP contribution in [0.2, 0.25) is 5.02 Å². The van der Waals surface area contributed by atoms with E-state index in [0.29, 0.717) is 21.8 Å². The van der Waals surface area contributed by atoms with E-state index in [0.717, 1.165) is 6.20 Å². The molecule has 0 unspecified atom stereocenters. The zero-order chi connectivity index (χ0) is 21.9. The lowest BCUT2D eigenvalue weighted by Gasteiger charge is -2.13. The van der Waals surface area contributed by atoms with Gasteiger partial charge in [-0.3, -0.25) is 9.59 Å². The smallest absolute Gasteiger partial charge is 0.352 e. The van der Waals surface area contributed by atoms with Gasteiger partial charge in [-0.25, -0.2) is 4.68 Å². The van der Waals surface area contributed by atoms with Crippen LogP contribution in [0.25, 0.3) is 5.69 Å². The number of benzene rings is 2. The van der Waals surface area contributed by atoms with Crippen molar-refractivity contribution in [2.24, 2.45) is 0 Å². The van der Waals surface area contributed by atoms with Crippen LogP contribution in [0, 0.1) is 0 Å². The highest BCUT2D eigenvalue weighted by molar-refractivity contribution is 6.30. The van der Waals surface area contributed by atoms with Crippen molar-refractivity contribution >= 4 is 29.1 Å². The number of carbonyl (C=O) groups is 2. The quantitative estimate of drug-likeness (QED) is 0.616. The number of carbonyl (C=O) groups excluding carboxylic acids is 2. The molecule has 0 radical (unpaired) electrons. The van der Waals surface area contributed by atoms with Crippen molar-refractivity contribution in [3.8, 4) is 5.69 Å². The van der Waals surface area contributed by atoms with Crippen molar-refractivity contribution in [1.82, 2.24) is 15.1 Å². The van der Waals surface area contributed by atoms with Crippen molar-refractivity contribution in [1.29, 1.82) is 0 Å². The predicted molar refractivity (Wildman–Crippen MR) is 106 cm³/mol. The Hall–Kier alpha value is -3.33. The molecule has 0 aliphatic heterocycles. The van der Waals surface area contributed by atoms with Crippen molar-refractivity contribution < 1.29 is 22.8 Å². The van der Waals surface area contributed by atoms with Gasteiger partial charge in [0.15, 0.2) is 5.69 Å². The SMILES string of the molecule is CCNC(=O)c1ccc(NC(=O)c2cnn(-c3ccc(Cl)cc3)c2C(F)(F)F)cc1. The van der Waals surface area contributed by atoms with Gasteiger partial charge in [0.1, 0.15) is 0 Å². The number of amides is 2. The average Bonchev–Trinajstić information content (AvgIpc) is 3.15. The first-order valence-electron chi connectivity index (χ1n) is 8.81. The first-order chi connectivity index (χ1) is 14.2. The number of halogens is 4. The van der Waals surface area contributed by atoms with Gasteiger partial charge in [-0.2, -0.15) is 18.3 Å². The molecule has 0 aliphatic carbocycles. The van der Waals surface area contributed by atoms with Crippen LogP contribution in [0.5, 0.6) is 0 Å². The summed E-state index contributed by atoms with van der Waals surface area (Å²) in [6.07, 6.45) is -3.97. The van der Waals surface area contributed by atoms with Crippen LogP contribution >= 0.6 is 11.6 Å². The van der Waals surface area contributed by atoms with Gasteiger partial charge in [0.25, 0.3) is 11.8 Å². The number of nitrogens with zero attached hydrogens (tertiary/aromatic N) is 2. The Labute approximate surface area is 174 Å². The van der Waals surface area contributed by atoms with E-state index in [4.69, 9.17) is 11.6 Å². The van der Waals surface area contributed by atoms with Gasteiger partial charge < -0.3 is 10.6 Å². The molecule has 0 bridgehead atoms. The van der Waals surface area contributed by atoms with Crippen LogP contribution < -0.4 is 10.6 Å². The summed E-state index contributed by atoms with van der Waals surface area (Å²) in [5, 5.41) is 9.12. The van der Waals surface area contributed by atoms with Crippen LogP contribution in [0.4, 0.5) is 18.9 Å². The number of hydrogen-bond donors (Lipinski definition) is 2. The Kier molecular flexibility index (Phi) is 6.12. The summed E-state index contributed by atoms with van der Waals surface area (Å²) >= 11 is 5.78. The molecule has 0 spiro atoms. The molecule has 2 N–H and O–H groups in total. The zero-order valence-corrected chi connectivity index (χ0v) is 16.4. The van der Waals surface area contributed by atoms with Crippen molar-refractivity contribution in [2.45, 2.75) is 13.1 Å². The van der Waals surface area contributed by atoms with E-state index in [-0.39, 0.29) is 17.3 Å². The number of anilines is 1. The van der Waals surface area contributed by atoms with Crippen LogP contribution in [-0.4, -0.2) is 28.1 Å². The van der Waals surface area contributed by atoms with E-state index in [1.54, 1.807) is 6.92 Å². The fourth-order valence-electron chi connectivity index (χ4n) is 2.73. The second-order valence-electron chi connectivity index (χ2n) is 6.18. The van der Waals surface area contributed by atoms with Crippen LogP contribution in [-0.2, 0) is 6.18 Å². The van der Waals surface area contributed by atoms with E-state index in [2.05, 4.69) is 15.7 Å². The summed E-state index contributed by atoms with van der Waals surface area (Å²) in [6.45, 7) is 2.23. The highest BCUT2D eigenvalue weighted by atomic mass is 35.5. The second-order valence-corrected chi connectivity index (χ2v) is 6.62. The summed E-state index contributed by atoms with van der Waals surface area (Å²) in [5.74, 6) is -1.27. The highest BCUT2D eigenvalue weighted by Crippen LogP contribution is 2.34. The maximum Gasteiger partial charge on any atom is 0.434 e. The Morgan fingerprint density at radius 1 is 1.03 bits per heavy atom. The number of nitrogens with one attached hydrogen (secondary N) is 2. The summed E-state index contributed by atoms with van der Waals surface area (Å²) < 4.78 is 41.8. The minimum absolute atomic E-state index is 0.108. The third kappa shape index (κ3) is 4.62. The molecule has 10 heteroatoms. The van der Waals surface area contributed by atoms with E-state index >= 15 is 0 Å². The number of hydrogen-bond acceptors (Lipinski definition) is 3. The molecule has 3 aromatic rings. The molecule has 0 aliphatic rings. The zero-order valence-electron chi connectivity index (χ0n) is 15.6. The van der Waals surface area contributed by atoms with E-state index < -0.39 is 23.3 Å². The van der Waals surface area contributed by atoms with Gasteiger partial charge in [-0.15, -0.1) is 0 Å². The predicted octanol–water partition coefficient (Wildman–Crippen LogP) is 4.55. The lowest BCUT2D eigenvalue weighted by atomic mass is 10.1. The Morgan fingerprint density at radius 2 is 1.67 bits per heavy atom. The topological polar surface area (TPSA) is 76.0 Å². The minimum Gasteiger partial charge on any atom is -0.352 e. The van der Waals surface area contributed by atoms with E-state index in [1.165, 1.54) is 48.5 Å². The lowest BCUT2D eigenvalue weighted by molar-refractivity contribution is -0.143. The molecule has 1 aromatic heterocycles. The molecule has 0 fully saturated rings. The third-order valence-corrected chi connectivity index (χ3v) is 4.35. The molecular weight excluding hydrogens is 421 g/mol. The van der Waals surface area contributed by atoms with Crippen LogP contribution in [0.15, 0.2) is 54.7 Å². The van der Waals surface area contributed by atoms with Gasteiger partial charge in [0, 0.05) is 22.8 Å². The first kappa shape index (κ1) is 21.4. The molecule has 3 rings (SSSR count). The maximum atomic E-state index is 13.7. The second kappa shape index (κ2) is 8.58. The molecule has 0 saturated heterocycles. The Morgan fingerprint density at radius 3 is 2.23 bits per heavy atom. The van der Waals surface area contributed by atoms with Crippen molar-refractivity contribution in [3.05, 3.63) is 76.6 Å². The standard InChI is InChI=1S/C20H16ClF3N4O2/c1-2-25-18(29)12-3-7-14(8-4-12)27-19(30)16-11-26-28(17(16)20(22,23)24)15-9-5-13(21)6-10-15/h3-11H,2H2,1H3,(H,25,29)(H,27,30). The Balaban J connectivity index is 1.89. The fourth-order valence-corrected chi connectivity index (χ4v) is 2.86. The van der Waals surface area contributed by atoms with E-state index in [1.807, 2.05) is 0 Å². The fraction of sp³-hybridized carbons (Fsp3) is 0.150. The molecule has 2 amide bonds. The molecule has 0 atom stereocenters. The molecule has 156 valence electrons. The summed E-state index contributed by atoms with van der Waals surface area (Å²) in [6, 6.07) is 11.4. The largest absolute Gasteiger partial charge is 0.434 e. The van der Waals surface area contributed by atoms with Crippen molar-refractivity contribution in [3.63, 3.8) is 0 Å². The summed E-state index contributed by atoms with van der Waals surface area (Å²) in [5.41, 5.74) is -1.13. The highest BCUT2D eigenvalue weighted by Gasteiger charge is 2.40. The van der Waals surface area contributed by atoms with Gasteiger partial charge in [0.2, 0.25) is 0 Å².